The molecule has 4 aromatic carbocycles. The van der Waals surface area contributed by atoms with Crippen LogP contribution in [0.1, 0.15) is 59.9 Å². The molecule has 4 heterocycles. The van der Waals surface area contributed by atoms with Crippen LogP contribution in [0.5, 0.6) is 0 Å². The highest BCUT2D eigenvalue weighted by Crippen LogP contribution is 2.41. The predicted molar refractivity (Wildman–Crippen MR) is 190 cm³/mol. The van der Waals surface area contributed by atoms with E-state index in [9.17, 15) is 9.65 Å². The molecule has 3 atom stereocenters. The van der Waals surface area contributed by atoms with Gasteiger partial charge in [0.15, 0.2) is 5.82 Å². The van der Waals surface area contributed by atoms with Crippen LogP contribution in [0.25, 0.3) is 21.9 Å². The molecule has 48 heavy (non-hydrogen) atoms. The average molecular weight is 645 g/mol. The van der Waals surface area contributed by atoms with Crippen molar-refractivity contribution in [2.45, 2.75) is 63.6 Å². The first kappa shape index (κ1) is 32.1. The van der Waals surface area contributed by atoms with E-state index in [-0.39, 0.29) is 17.7 Å². The largest absolute Gasteiger partial charge is 0.353 e. The number of piperidine rings is 1. The van der Waals surface area contributed by atoms with E-state index in [2.05, 4.69) is 39.9 Å². The number of nitrogens with one attached hydrogen (secondary N) is 1. The molecule has 246 valence electrons. The summed E-state index contributed by atoms with van der Waals surface area (Å²) in [6.45, 7) is 9.17. The second kappa shape index (κ2) is 13.6. The number of fused-ring (bicyclic) bond motifs is 3. The maximum Gasteiger partial charge on any atom is 0.157 e. The SMILES string of the molecule is C=Nc1c(/C(=N\CCCC2CCCN2C)N2CC3CC(C2)N3)cc(Cc2cccc(F)c2C#N)c(-c2cc(C)cc3ccccc23)c1F. The third-order valence-corrected chi connectivity index (χ3v) is 10.4. The Hall–Kier alpha value is -4.45. The summed E-state index contributed by atoms with van der Waals surface area (Å²) in [6.07, 6.45) is 5.74. The van der Waals surface area contributed by atoms with Crippen LogP contribution in [0.2, 0.25) is 0 Å². The summed E-state index contributed by atoms with van der Waals surface area (Å²) in [6, 6.07) is 22.0. The Kier molecular flexibility index (Phi) is 9.09. The summed E-state index contributed by atoms with van der Waals surface area (Å²) < 4.78 is 32.3. The Balaban J connectivity index is 1.39. The Bertz CT molecular complexity index is 1930. The quantitative estimate of drug-likeness (QED) is 0.116. The zero-order valence-corrected chi connectivity index (χ0v) is 27.8. The zero-order chi connectivity index (χ0) is 33.4. The van der Waals surface area contributed by atoms with E-state index in [0.717, 1.165) is 66.6 Å². The van der Waals surface area contributed by atoms with Gasteiger partial charge in [0.05, 0.1) is 5.56 Å². The van der Waals surface area contributed by atoms with E-state index in [1.54, 1.807) is 12.1 Å². The van der Waals surface area contributed by atoms with Crippen molar-refractivity contribution in [1.82, 2.24) is 15.1 Å². The third kappa shape index (κ3) is 6.13. The van der Waals surface area contributed by atoms with Crippen LogP contribution in [-0.2, 0) is 6.42 Å². The molecule has 8 heteroatoms. The second-order valence-electron chi connectivity index (χ2n) is 13.7. The molecular weight excluding hydrogens is 602 g/mol. The highest BCUT2D eigenvalue weighted by molar-refractivity contribution is 6.06. The third-order valence-electron chi connectivity index (χ3n) is 10.4. The minimum Gasteiger partial charge on any atom is -0.353 e. The first-order chi connectivity index (χ1) is 23.3. The fourth-order valence-electron chi connectivity index (χ4n) is 8.06. The monoisotopic (exact) mass is 644 g/mol. The van der Waals surface area contributed by atoms with E-state index < -0.39 is 11.6 Å². The second-order valence-corrected chi connectivity index (χ2v) is 13.7. The average Bonchev–Trinajstić information content (AvgIpc) is 3.48. The number of halogens is 2. The molecule has 0 radical (unpaired) electrons. The molecule has 6 nitrogen and oxygen atoms in total. The molecule has 4 saturated heterocycles. The number of aryl methyl sites for hydroxylation is 1. The number of nitriles is 1. The number of benzene rings is 4. The van der Waals surface area contributed by atoms with Crippen LogP contribution in [-0.4, -0.2) is 73.7 Å². The van der Waals surface area contributed by atoms with Gasteiger partial charge >= 0.3 is 0 Å². The van der Waals surface area contributed by atoms with Crippen molar-refractivity contribution >= 4 is 29.0 Å². The number of hydrogen-bond donors (Lipinski definition) is 1. The van der Waals surface area contributed by atoms with Gasteiger partial charge < -0.3 is 15.1 Å². The molecule has 4 aliphatic heterocycles. The van der Waals surface area contributed by atoms with Crippen molar-refractivity contribution < 1.29 is 8.78 Å². The van der Waals surface area contributed by atoms with E-state index >= 15 is 4.39 Å². The fraction of sp³-hybridized carbons (Fsp3) is 0.375. The van der Waals surface area contributed by atoms with Gasteiger partial charge in [-0.2, -0.15) is 5.26 Å². The molecule has 4 fully saturated rings. The first-order valence-corrected chi connectivity index (χ1v) is 17.1. The minimum absolute atomic E-state index is 0.0293. The summed E-state index contributed by atoms with van der Waals surface area (Å²) in [5.41, 5.74) is 3.99. The maximum absolute atomic E-state index is 17.4. The molecule has 4 aromatic rings. The summed E-state index contributed by atoms with van der Waals surface area (Å²) in [5.74, 6) is -0.338. The smallest absolute Gasteiger partial charge is 0.157 e. The number of nitrogens with zero attached hydrogens (tertiary/aromatic N) is 5. The lowest BCUT2D eigenvalue weighted by Gasteiger charge is -2.49. The minimum atomic E-state index is -0.585. The van der Waals surface area contributed by atoms with Gasteiger partial charge in [0.25, 0.3) is 0 Å². The molecule has 3 unspecified atom stereocenters. The summed E-state index contributed by atoms with van der Waals surface area (Å²) in [4.78, 5) is 14.2. The lowest BCUT2D eigenvalue weighted by Crippen LogP contribution is -2.67. The Morgan fingerprint density at radius 2 is 1.85 bits per heavy atom. The number of amidine groups is 1. The van der Waals surface area contributed by atoms with Crippen LogP contribution in [0.15, 0.2) is 70.6 Å². The molecule has 0 amide bonds. The number of piperazine rings is 1. The standard InChI is InChI=1S/C40H42F2N6/c1-25-17-26-9-4-5-13-32(26)33(18-25)37-28(19-27-10-6-14-36(41)35(27)22-43)20-34(39(44-2)38(37)42)40(48-23-29-21-30(24-48)46-29)45-15-7-11-31-12-8-16-47(31)3/h4-6,9-10,13-14,17-18,20,29-31,46H,2,7-8,11-12,15-16,19,21,23-24H2,1,3H3/b45-40+. The van der Waals surface area contributed by atoms with Crippen molar-refractivity contribution in [2.75, 3.05) is 33.2 Å². The molecular formula is C40H42F2N6. The molecule has 0 saturated carbocycles. The Labute approximate surface area is 281 Å². The predicted octanol–water partition coefficient (Wildman–Crippen LogP) is 7.56. The van der Waals surface area contributed by atoms with E-state index in [0.29, 0.717) is 46.9 Å². The van der Waals surface area contributed by atoms with Crippen LogP contribution >= 0.6 is 0 Å². The van der Waals surface area contributed by atoms with Gasteiger partial charge in [-0.1, -0.05) is 48.5 Å². The summed E-state index contributed by atoms with van der Waals surface area (Å²) in [5, 5.41) is 15.4. The van der Waals surface area contributed by atoms with Crippen molar-refractivity contribution in [3.8, 4) is 17.2 Å². The van der Waals surface area contributed by atoms with Crippen molar-refractivity contribution in [1.29, 1.82) is 5.26 Å². The Morgan fingerprint density at radius 1 is 1.06 bits per heavy atom. The van der Waals surface area contributed by atoms with Gasteiger partial charge in [-0.3, -0.25) is 9.98 Å². The van der Waals surface area contributed by atoms with Gasteiger partial charge in [0, 0.05) is 48.9 Å². The van der Waals surface area contributed by atoms with Gasteiger partial charge in [0.2, 0.25) is 0 Å². The van der Waals surface area contributed by atoms with Gasteiger partial charge in [-0.25, -0.2) is 8.78 Å². The number of aliphatic imine (C=N–C) groups is 2. The lowest BCUT2D eigenvalue weighted by atomic mass is 9.86. The molecule has 4 aliphatic rings. The molecule has 0 aliphatic carbocycles. The van der Waals surface area contributed by atoms with Crippen LogP contribution in [0, 0.1) is 29.9 Å². The van der Waals surface area contributed by atoms with Gasteiger partial charge in [-0.05, 0) is 111 Å². The zero-order valence-electron chi connectivity index (χ0n) is 27.8. The van der Waals surface area contributed by atoms with Gasteiger partial charge in [0.1, 0.15) is 23.4 Å². The topological polar surface area (TPSA) is 67.0 Å². The van der Waals surface area contributed by atoms with Gasteiger partial charge in [-0.15, -0.1) is 0 Å². The van der Waals surface area contributed by atoms with Crippen LogP contribution < -0.4 is 5.32 Å². The van der Waals surface area contributed by atoms with E-state index in [1.807, 2.05) is 49.4 Å². The number of rotatable bonds is 9. The summed E-state index contributed by atoms with van der Waals surface area (Å²) in [7, 11) is 2.20. The molecule has 8 rings (SSSR count). The Morgan fingerprint density at radius 3 is 2.58 bits per heavy atom. The van der Waals surface area contributed by atoms with E-state index in [4.69, 9.17) is 4.99 Å². The first-order valence-electron chi connectivity index (χ1n) is 17.1. The number of hydrogen-bond acceptors (Lipinski definition) is 5. The van der Waals surface area contributed by atoms with Crippen molar-refractivity contribution in [3.63, 3.8) is 0 Å². The van der Waals surface area contributed by atoms with Crippen molar-refractivity contribution in [2.24, 2.45) is 9.98 Å². The van der Waals surface area contributed by atoms with E-state index in [1.165, 1.54) is 18.9 Å². The summed E-state index contributed by atoms with van der Waals surface area (Å²) >= 11 is 0. The molecule has 2 bridgehead atoms. The fourth-order valence-corrected chi connectivity index (χ4v) is 8.06. The molecule has 0 aromatic heterocycles. The highest BCUT2D eigenvalue weighted by atomic mass is 19.1. The van der Waals surface area contributed by atoms with Crippen LogP contribution in [0.3, 0.4) is 0 Å². The molecule has 0 spiro atoms. The maximum atomic E-state index is 17.4. The lowest BCUT2D eigenvalue weighted by molar-refractivity contribution is 0.128. The molecule has 1 N–H and O–H groups in total. The number of likely N-dealkylation sites (tertiary alicyclic amines) is 1. The normalized spacial score (nSPS) is 20.9. The van der Waals surface area contributed by atoms with Crippen molar-refractivity contribution in [3.05, 3.63) is 100 Å². The van der Waals surface area contributed by atoms with Crippen LogP contribution in [0.4, 0.5) is 14.5 Å². The highest BCUT2D eigenvalue weighted by Gasteiger charge is 2.39.